The van der Waals surface area contributed by atoms with Crippen LogP contribution < -0.4 is 10.5 Å². The number of carbonyl (C=O) groups is 1. The first-order chi connectivity index (χ1) is 13.1. The van der Waals surface area contributed by atoms with Crippen LogP contribution in [0, 0.1) is 7.14 Å². The quantitative estimate of drug-likeness (QED) is 0.277. The molecule has 0 fully saturated rings. The molecule has 3 aromatic rings. The van der Waals surface area contributed by atoms with Gasteiger partial charge in [0, 0.05) is 27.5 Å². The molecule has 1 heterocycles. The lowest BCUT2D eigenvalue weighted by atomic mass is 9.98. The maximum absolute atomic E-state index is 13.5. The first-order valence-electron chi connectivity index (χ1n) is 8.93. The number of halogens is 2. The van der Waals surface area contributed by atoms with E-state index in [-0.39, 0.29) is 5.78 Å². The SMILES string of the molecule is CCCCc1oc2ccccc2c1C(=O)c1cc(I)c(OCCN)cc1I. The number of benzene rings is 2. The maximum Gasteiger partial charge on any atom is 0.198 e. The van der Waals surface area contributed by atoms with Crippen LogP contribution in [-0.4, -0.2) is 18.9 Å². The summed E-state index contributed by atoms with van der Waals surface area (Å²) < 4.78 is 13.5. The minimum absolute atomic E-state index is 0.00116. The minimum atomic E-state index is -0.00116. The van der Waals surface area contributed by atoms with Crippen LogP contribution in [0.1, 0.15) is 41.4 Å². The zero-order chi connectivity index (χ0) is 19.4. The Bertz CT molecular complexity index is 965. The molecule has 142 valence electrons. The average molecular weight is 589 g/mol. The van der Waals surface area contributed by atoms with Crippen molar-refractivity contribution in [2.75, 3.05) is 13.2 Å². The lowest BCUT2D eigenvalue weighted by molar-refractivity contribution is 0.103. The van der Waals surface area contributed by atoms with Gasteiger partial charge in [0.25, 0.3) is 0 Å². The molecule has 1 aromatic heterocycles. The fourth-order valence-electron chi connectivity index (χ4n) is 2.98. The van der Waals surface area contributed by atoms with E-state index in [2.05, 4.69) is 52.1 Å². The number of unbranched alkanes of at least 4 members (excludes halogenated alkanes) is 1. The van der Waals surface area contributed by atoms with Crippen LogP contribution in [0.15, 0.2) is 40.8 Å². The second-order valence-electron chi connectivity index (χ2n) is 6.23. The molecule has 0 atom stereocenters. The highest BCUT2D eigenvalue weighted by Gasteiger charge is 2.24. The predicted molar refractivity (Wildman–Crippen MR) is 125 cm³/mol. The van der Waals surface area contributed by atoms with Crippen molar-refractivity contribution in [1.82, 2.24) is 0 Å². The summed E-state index contributed by atoms with van der Waals surface area (Å²) in [6, 6.07) is 11.5. The van der Waals surface area contributed by atoms with Crippen LogP contribution in [0.5, 0.6) is 5.75 Å². The lowest BCUT2D eigenvalue weighted by Gasteiger charge is -2.11. The Morgan fingerprint density at radius 1 is 1.19 bits per heavy atom. The highest BCUT2D eigenvalue weighted by atomic mass is 127. The van der Waals surface area contributed by atoms with Gasteiger partial charge in [-0.05, 0) is 69.8 Å². The number of hydrogen-bond donors (Lipinski definition) is 1. The first-order valence-corrected chi connectivity index (χ1v) is 11.1. The predicted octanol–water partition coefficient (Wildman–Crippen LogP) is 5.55. The smallest absolute Gasteiger partial charge is 0.198 e. The molecular weight excluding hydrogens is 568 g/mol. The zero-order valence-electron chi connectivity index (χ0n) is 15.1. The highest BCUT2D eigenvalue weighted by molar-refractivity contribution is 14.1. The zero-order valence-corrected chi connectivity index (χ0v) is 19.4. The highest BCUT2D eigenvalue weighted by Crippen LogP contribution is 2.33. The fraction of sp³-hybridized carbons (Fsp3) is 0.286. The number of aryl methyl sites for hydroxylation is 1. The number of hydrogen-bond acceptors (Lipinski definition) is 4. The summed E-state index contributed by atoms with van der Waals surface area (Å²) in [5, 5.41) is 0.878. The largest absolute Gasteiger partial charge is 0.491 e. The van der Waals surface area contributed by atoms with Gasteiger partial charge >= 0.3 is 0 Å². The van der Waals surface area contributed by atoms with Gasteiger partial charge in [-0.2, -0.15) is 0 Å². The molecule has 2 aromatic carbocycles. The first kappa shape index (κ1) is 20.6. The standard InChI is InChI=1S/C21H21I2NO3/c1-2-3-7-18-20(13-6-4-5-8-17(13)27-18)21(25)14-11-16(23)19(12-15(14)22)26-10-9-24/h4-6,8,11-12H,2-3,7,9-10,24H2,1H3. The molecule has 0 saturated carbocycles. The number of para-hydroxylation sites is 1. The summed E-state index contributed by atoms with van der Waals surface area (Å²) in [6.07, 6.45) is 2.80. The lowest BCUT2D eigenvalue weighted by Crippen LogP contribution is -2.12. The van der Waals surface area contributed by atoms with Crippen LogP contribution in [0.25, 0.3) is 11.0 Å². The van der Waals surface area contributed by atoms with Crippen molar-refractivity contribution in [2.45, 2.75) is 26.2 Å². The van der Waals surface area contributed by atoms with Gasteiger partial charge < -0.3 is 14.9 Å². The number of furan rings is 1. The molecule has 4 nitrogen and oxygen atoms in total. The van der Waals surface area contributed by atoms with E-state index < -0.39 is 0 Å². The average Bonchev–Trinajstić information content (AvgIpc) is 3.04. The van der Waals surface area contributed by atoms with Gasteiger partial charge in [-0.25, -0.2) is 0 Å². The van der Waals surface area contributed by atoms with Crippen molar-refractivity contribution >= 4 is 61.9 Å². The van der Waals surface area contributed by atoms with Crippen molar-refractivity contribution in [2.24, 2.45) is 5.73 Å². The fourth-order valence-corrected chi connectivity index (χ4v) is 4.28. The van der Waals surface area contributed by atoms with Gasteiger partial charge in [-0.3, -0.25) is 4.79 Å². The third-order valence-electron chi connectivity index (χ3n) is 4.29. The molecule has 0 bridgehead atoms. The van der Waals surface area contributed by atoms with Crippen LogP contribution in [0.4, 0.5) is 0 Å². The van der Waals surface area contributed by atoms with Gasteiger partial charge in [0.15, 0.2) is 5.78 Å². The van der Waals surface area contributed by atoms with E-state index in [1.54, 1.807) is 0 Å². The summed E-state index contributed by atoms with van der Waals surface area (Å²) in [5.74, 6) is 1.53. The van der Waals surface area contributed by atoms with Crippen LogP contribution in [0.2, 0.25) is 0 Å². The minimum Gasteiger partial charge on any atom is -0.491 e. The number of rotatable bonds is 8. The summed E-state index contributed by atoms with van der Waals surface area (Å²) in [7, 11) is 0. The van der Waals surface area contributed by atoms with Crippen LogP contribution in [-0.2, 0) is 6.42 Å². The summed E-state index contributed by atoms with van der Waals surface area (Å²) in [6.45, 7) is 3.04. The van der Waals surface area contributed by atoms with E-state index in [4.69, 9.17) is 14.9 Å². The van der Waals surface area contributed by atoms with Gasteiger partial charge in [-0.1, -0.05) is 31.5 Å². The Balaban J connectivity index is 2.06. The normalized spacial score (nSPS) is 11.1. The summed E-state index contributed by atoms with van der Waals surface area (Å²) in [4.78, 5) is 13.5. The molecular formula is C21H21I2NO3. The molecule has 0 aliphatic carbocycles. The number of ketones is 1. The van der Waals surface area contributed by atoms with E-state index in [0.29, 0.717) is 24.3 Å². The van der Waals surface area contributed by atoms with Crippen LogP contribution in [0.3, 0.4) is 0 Å². The Morgan fingerprint density at radius 2 is 1.96 bits per heavy atom. The Labute approximate surface area is 186 Å². The molecule has 0 aliphatic heterocycles. The van der Waals surface area contributed by atoms with E-state index in [9.17, 15) is 4.79 Å². The molecule has 0 spiro atoms. The monoisotopic (exact) mass is 589 g/mol. The number of ether oxygens (including phenoxy) is 1. The third-order valence-corrected chi connectivity index (χ3v) is 6.03. The third kappa shape index (κ3) is 4.48. The van der Waals surface area contributed by atoms with Crippen LogP contribution >= 0.6 is 45.2 Å². The molecule has 2 N–H and O–H groups in total. The van der Waals surface area contributed by atoms with Crippen molar-refractivity contribution in [1.29, 1.82) is 0 Å². The second-order valence-corrected chi connectivity index (χ2v) is 8.55. The molecule has 0 radical (unpaired) electrons. The van der Waals surface area contributed by atoms with Crippen molar-refractivity contribution < 1.29 is 13.9 Å². The summed E-state index contributed by atoms with van der Waals surface area (Å²) in [5.41, 5.74) is 7.64. The van der Waals surface area contributed by atoms with Gasteiger partial charge in [0.1, 0.15) is 23.7 Å². The second kappa shape index (κ2) is 9.38. The van der Waals surface area contributed by atoms with E-state index in [1.165, 1.54) is 0 Å². The van der Waals surface area contributed by atoms with Crippen molar-refractivity contribution in [3.63, 3.8) is 0 Å². The van der Waals surface area contributed by atoms with Gasteiger partial charge in [0.2, 0.25) is 0 Å². The van der Waals surface area contributed by atoms with E-state index in [0.717, 1.165) is 48.9 Å². The van der Waals surface area contributed by atoms with Crippen molar-refractivity contribution in [3.8, 4) is 5.75 Å². The molecule has 3 rings (SSSR count). The molecule has 6 heteroatoms. The van der Waals surface area contributed by atoms with Gasteiger partial charge in [-0.15, -0.1) is 0 Å². The number of carbonyl (C=O) groups excluding carboxylic acids is 1. The maximum atomic E-state index is 13.5. The Hall–Kier alpha value is -1.13. The van der Waals surface area contributed by atoms with Crippen molar-refractivity contribution in [3.05, 3.63) is 60.4 Å². The van der Waals surface area contributed by atoms with E-state index >= 15 is 0 Å². The topological polar surface area (TPSA) is 65.5 Å². The Kier molecular flexibility index (Phi) is 7.16. The molecule has 0 aliphatic rings. The molecule has 0 saturated heterocycles. The number of nitrogens with two attached hydrogens (primary N) is 1. The van der Waals surface area contributed by atoms with E-state index in [1.807, 2.05) is 36.4 Å². The molecule has 27 heavy (non-hydrogen) atoms. The molecule has 0 amide bonds. The Morgan fingerprint density at radius 3 is 2.70 bits per heavy atom. The summed E-state index contributed by atoms with van der Waals surface area (Å²) >= 11 is 4.39. The molecule has 0 unspecified atom stereocenters. The number of fused-ring (bicyclic) bond motifs is 1. The van der Waals surface area contributed by atoms with Gasteiger partial charge in [0.05, 0.1) is 9.13 Å².